The summed E-state index contributed by atoms with van der Waals surface area (Å²) in [4.78, 5) is 0. The van der Waals surface area contributed by atoms with Gasteiger partial charge in [0.15, 0.2) is 0 Å². The minimum Gasteiger partial charge on any atom is -0.347 e. The number of para-hydroxylation sites is 1. The van der Waals surface area contributed by atoms with Gasteiger partial charge >= 0.3 is 0 Å². The van der Waals surface area contributed by atoms with E-state index in [0.717, 1.165) is 13.1 Å². The molecule has 0 radical (unpaired) electrons. The van der Waals surface area contributed by atoms with Crippen LogP contribution in [0.1, 0.15) is 33.1 Å². The van der Waals surface area contributed by atoms with Crippen LogP contribution in [-0.2, 0) is 6.54 Å². The number of aryl methyl sites for hydroxylation is 1. The Balaban J connectivity index is 1.87. The maximum absolute atomic E-state index is 5.75. The first-order chi connectivity index (χ1) is 8.62. The summed E-state index contributed by atoms with van der Waals surface area (Å²) in [5, 5.41) is 1.33. The molecule has 0 aliphatic carbocycles. The van der Waals surface area contributed by atoms with Crippen molar-refractivity contribution in [3.8, 4) is 0 Å². The molecule has 2 heteroatoms. The van der Waals surface area contributed by atoms with Gasteiger partial charge in [0.1, 0.15) is 0 Å². The van der Waals surface area contributed by atoms with Crippen LogP contribution in [0.4, 0.5) is 0 Å². The number of unbranched alkanes of at least 4 members (excludes halogenated alkanes) is 1. The monoisotopic (exact) mass is 244 g/mol. The van der Waals surface area contributed by atoms with E-state index in [4.69, 9.17) is 5.73 Å². The normalized spacial score (nSPS) is 12.2. The molecule has 0 amide bonds. The van der Waals surface area contributed by atoms with Gasteiger partial charge in [0.25, 0.3) is 0 Å². The second-order valence-corrected chi connectivity index (χ2v) is 5.89. The van der Waals surface area contributed by atoms with Crippen LogP contribution < -0.4 is 5.73 Å². The molecule has 1 aromatic heterocycles. The second kappa shape index (κ2) is 5.57. The van der Waals surface area contributed by atoms with E-state index >= 15 is 0 Å². The molecule has 0 spiro atoms. The Labute approximate surface area is 110 Å². The van der Waals surface area contributed by atoms with Crippen molar-refractivity contribution in [2.24, 2.45) is 11.1 Å². The predicted molar refractivity (Wildman–Crippen MR) is 78.6 cm³/mol. The number of benzene rings is 1. The number of hydrogen-bond acceptors (Lipinski definition) is 1. The summed E-state index contributed by atoms with van der Waals surface area (Å²) in [6.45, 7) is 6.38. The molecule has 0 atom stereocenters. The summed E-state index contributed by atoms with van der Waals surface area (Å²) in [5.41, 5.74) is 7.39. The van der Waals surface area contributed by atoms with Gasteiger partial charge in [-0.15, -0.1) is 0 Å². The number of rotatable bonds is 6. The van der Waals surface area contributed by atoms with Gasteiger partial charge in [-0.3, -0.25) is 0 Å². The fraction of sp³-hybridized carbons (Fsp3) is 0.500. The van der Waals surface area contributed by atoms with Gasteiger partial charge in [-0.1, -0.05) is 38.5 Å². The molecule has 0 saturated carbocycles. The van der Waals surface area contributed by atoms with Crippen LogP contribution in [0.25, 0.3) is 10.9 Å². The Bertz CT molecular complexity index is 497. The average Bonchev–Trinajstić information content (AvgIpc) is 2.78. The summed E-state index contributed by atoms with van der Waals surface area (Å²) < 4.78 is 2.35. The topological polar surface area (TPSA) is 30.9 Å². The minimum absolute atomic E-state index is 0.290. The van der Waals surface area contributed by atoms with Gasteiger partial charge in [-0.2, -0.15) is 0 Å². The van der Waals surface area contributed by atoms with Crippen LogP contribution in [0, 0.1) is 5.41 Å². The Hall–Kier alpha value is -1.28. The lowest BCUT2D eigenvalue weighted by Crippen LogP contribution is -2.23. The smallest absolute Gasteiger partial charge is 0.0480 e. The van der Waals surface area contributed by atoms with Crippen molar-refractivity contribution in [1.29, 1.82) is 0 Å². The van der Waals surface area contributed by atoms with Gasteiger partial charge in [0.05, 0.1) is 0 Å². The highest BCUT2D eigenvalue weighted by molar-refractivity contribution is 5.79. The second-order valence-electron chi connectivity index (χ2n) is 5.89. The summed E-state index contributed by atoms with van der Waals surface area (Å²) in [7, 11) is 0. The SMILES string of the molecule is CC(C)(CN)CCCCn1ccc2ccccc21. The lowest BCUT2D eigenvalue weighted by atomic mass is 9.87. The number of hydrogen-bond donors (Lipinski definition) is 1. The molecule has 0 unspecified atom stereocenters. The molecule has 18 heavy (non-hydrogen) atoms. The highest BCUT2D eigenvalue weighted by Gasteiger charge is 2.14. The molecule has 2 aromatic rings. The van der Waals surface area contributed by atoms with Crippen LogP contribution in [0.15, 0.2) is 36.5 Å². The first-order valence-electron chi connectivity index (χ1n) is 6.86. The number of aromatic nitrogens is 1. The molecule has 0 saturated heterocycles. The first kappa shape index (κ1) is 13.2. The van der Waals surface area contributed by atoms with Crippen LogP contribution in [0.3, 0.4) is 0 Å². The molecule has 2 nitrogen and oxygen atoms in total. The van der Waals surface area contributed by atoms with Crippen molar-refractivity contribution in [3.05, 3.63) is 36.5 Å². The van der Waals surface area contributed by atoms with Gasteiger partial charge < -0.3 is 10.3 Å². The zero-order valence-corrected chi connectivity index (χ0v) is 11.5. The standard InChI is InChI=1S/C16H24N2/c1-16(2,13-17)10-5-6-11-18-12-9-14-7-3-4-8-15(14)18/h3-4,7-9,12H,5-6,10-11,13,17H2,1-2H3. The molecule has 98 valence electrons. The fourth-order valence-corrected chi connectivity index (χ4v) is 2.32. The highest BCUT2D eigenvalue weighted by atomic mass is 14.9. The fourth-order valence-electron chi connectivity index (χ4n) is 2.32. The van der Waals surface area contributed by atoms with E-state index in [1.807, 2.05) is 0 Å². The van der Waals surface area contributed by atoms with Crippen molar-refractivity contribution in [1.82, 2.24) is 4.57 Å². The van der Waals surface area contributed by atoms with Crippen molar-refractivity contribution in [2.75, 3.05) is 6.54 Å². The summed E-state index contributed by atoms with van der Waals surface area (Å²) in [6, 6.07) is 10.8. The molecule has 1 heterocycles. The summed E-state index contributed by atoms with van der Waals surface area (Å²) in [6.07, 6.45) is 5.88. The van der Waals surface area contributed by atoms with Gasteiger partial charge in [0, 0.05) is 18.3 Å². The third-order valence-electron chi connectivity index (χ3n) is 3.74. The van der Waals surface area contributed by atoms with Crippen LogP contribution in [-0.4, -0.2) is 11.1 Å². The highest BCUT2D eigenvalue weighted by Crippen LogP contribution is 2.22. The van der Waals surface area contributed by atoms with E-state index in [1.54, 1.807) is 0 Å². The van der Waals surface area contributed by atoms with E-state index in [1.165, 1.54) is 30.2 Å². The Kier molecular flexibility index (Phi) is 4.07. The van der Waals surface area contributed by atoms with E-state index in [9.17, 15) is 0 Å². The lowest BCUT2D eigenvalue weighted by molar-refractivity contribution is 0.329. The molecule has 2 rings (SSSR count). The van der Waals surface area contributed by atoms with Crippen molar-refractivity contribution in [3.63, 3.8) is 0 Å². The maximum atomic E-state index is 5.75. The van der Waals surface area contributed by atoms with E-state index < -0.39 is 0 Å². The van der Waals surface area contributed by atoms with E-state index in [2.05, 4.69) is 54.9 Å². The molecule has 1 aromatic carbocycles. The van der Waals surface area contributed by atoms with Crippen LogP contribution in [0.2, 0.25) is 0 Å². The Morgan fingerprint density at radius 3 is 2.67 bits per heavy atom. The van der Waals surface area contributed by atoms with Gasteiger partial charge in [-0.25, -0.2) is 0 Å². The van der Waals surface area contributed by atoms with Crippen molar-refractivity contribution in [2.45, 2.75) is 39.7 Å². The zero-order chi connectivity index (χ0) is 13.0. The molecular weight excluding hydrogens is 220 g/mol. The van der Waals surface area contributed by atoms with Gasteiger partial charge in [-0.05, 0) is 42.3 Å². The minimum atomic E-state index is 0.290. The number of nitrogens with two attached hydrogens (primary N) is 1. The van der Waals surface area contributed by atoms with Crippen LogP contribution in [0.5, 0.6) is 0 Å². The quantitative estimate of drug-likeness (QED) is 0.770. The van der Waals surface area contributed by atoms with Crippen molar-refractivity contribution < 1.29 is 0 Å². The lowest BCUT2D eigenvalue weighted by Gasteiger charge is -2.21. The molecular formula is C16H24N2. The van der Waals surface area contributed by atoms with E-state index in [0.29, 0.717) is 5.41 Å². The molecule has 0 bridgehead atoms. The maximum Gasteiger partial charge on any atom is 0.0480 e. The molecule has 0 aliphatic rings. The summed E-state index contributed by atoms with van der Waals surface area (Å²) in [5.74, 6) is 0. The third kappa shape index (κ3) is 3.14. The molecule has 0 aliphatic heterocycles. The van der Waals surface area contributed by atoms with Crippen LogP contribution >= 0.6 is 0 Å². The van der Waals surface area contributed by atoms with Crippen molar-refractivity contribution >= 4 is 10.9 Å². The first-order valence-corrected chi connectivity index (χ1v) is 6.86. The third-order valence-corrected chi connectivity index (χ3v) is 3.74. The zero-order valence-electron chi connectivity index (χ0n) is 11.5. The molecule has 0 fully saturated rings. The van der Waals surface area contributed by atoms with E-state index in [-0.39, 0.29) is 0 Å². The molecule has 2 N–H and O–H groups in total. The Morgan fingerprint density at radius 1 is 1.11 bits per heavy atom. The Morgan fingerprint density at radius 2 is 1.89 bits per heavy atom. The predicted octanol–water partition coefficient (Wildman–Crippen LogP) is 3.80. The number of fused-ring (bicyclic) bond motifs is 1. The van der Waals surface area contributed by atoms with Gasteiger partial charge in [0.2, 0.25) is 0 Å². The number of nitrogens with zero attached hydrogens (tertiary/aromatic N) is 1. The summed E-state index contributed by atoms with van der Waals surface area (Å²) >= 11 is 0. The average molecular weight is 244 g/mol. The largest absolute Gasteiger partial charge is 0.347 e.